The van der Waals surface area contributed by atoms with E-state index in [1.54, 1.807) is 5.57 Å². The number of hydrogen-bond acceptors (Lipinski definition) is 2. The third kappa shape index (κ3) is 2.87. The molecule has 3 nitrogen and oxygen atoms in total. The first-order valence-electron chi connectivity index (χ1n) is 13.8. The fourth-order valence-electron chi connectivity index (χ4n) is 11.0. The highest BCUT2D eigenvalue weighted by atomic mass is 16.4. The number of aliphatic carboxylic acids is 1. The molecule has 0 radical (unpaired) electrons. The predicted octanol–water partition coefficient (Wildman–Crippen LogP) is 7.09. The number of carbonyl (C=O) groups is 1. The van der Waals surface area contributed by atoms with Gasteiger partial charge in [0.1, 0.15) is 0 Å². The van der Waals surface area contributed by atoms with Gasteiger partial charge in [0.2, 0.25) is 0 Å². The summed E-state index contributed by atoms with van der Waals surface area (Å²) in [5.41, 5.74) is 2.53. The van der Waals surface area contributed by atoms with Crippen LogP contribution in [0.5, 0.6) is 0 Å². The topological polar surface area (TPSA) is 57.5 Å². The van der Waals surface area contributed by atoms with E-state index in [0.29, 0.717) is 17.8 Å². The van der Waals surface area contributed by atoms with Crippen LogP contribution in [-0.4, -0.2) is 22.3 Å². The molecule has 10 atom stereocenters. The molecule has 4 saturated carbocycles. The lowest BCUT2D eigenvalue weighted by Crippen LogP contribution is -2.64. The van der Waals surface area contributed by atoms with Crippen LogP contribution in [-0.2, 0) is 4.79 Å². The van der Waals surface area contributed by atoms with Crippen LogP contribution in [0.25, 0.3) is 0 Å². The van der Waals surface area contributed by atoms with Crippen LogP contribution in [0.3, 0.4) is 0 Å². The molecule has 0 heterocycles. The molecule has 0 aliphatic heterocycles. The number of carboxylic acids is 1. The van der Waals surface area contributed by atoms with E-state index in [9.17, 15) is 15.0 Å². The van der Waals surface area contributed by atoms with Crippen molar-refractivity contribution in [1.29, 1.82) is 0 Å². The SMILES string of the molecule is CC1C(C(=O)O)CCC2(C)CCC3(C)C(=CCC4C5(C)CCC(O)C(C)(C)C5CCC43C)C12. The smallest absolute Gasteiger partial charge is 0.306 e. The molecule has 5 aliphatic carbocycles. The molecule has 2 N–H and O–H groups in total. The standard InChI is InChI=1S/C30H48O3/c1-18-19(25(32)33)10-13-27(4)16-17-29(6)20(24(18)27)8-9-22-28(5)14-12-23(31)26(2,3)21(28)11-15-30(22,29)7/h8,18-19,21-24,31H,9-17H2,1-7H3,(H,32,33). The third-order valence-electron chi connectivity index (χ3n) is 13.3. The van der Waals surface area contributed by atoms with Gasteiger partial charge in [-0.2, -0.15) is 0 Å². The van der Waals surface area contributed by atoms with Crippen LogP contribution < -0.4 is 0 Å². The van der Waals surface area contributed by atoms with E-state index in [4.69, 9.17) is 0 Å². The van der Waals surface area contributed by atoms with Gasteiger partial charge < -0.3 is 10.2 Å². The van der Waals surface area contributed by atoms with Crippen molar-refractivity contribution in [2.75, 3.05) is 0 Å². The largest absolute Gasteiger partial charge is 0.481 e. The summed E-state index contributed by atoms with van der Waals surface area (Å²) in [5.74, 6) is 1.04. The van der Waals surface area contributed by atoms with Crippen molar-refractivity contribution in [3.05, 3.63) is 11.6 Å². The Hall–Kier alpha value is -0.830. The first-order chi connectivity index (χ1) is 15.2. The Labute approximate surface area is 201 Å². The Morgan fingerprint density at radius 1 is 0.909 bits per heavy atom. The van der Waals surface area contributed by atoms with Gasteiger partial charge in [-0.1, -0.05) is 60.1 Å². The van der Waals surface area contributed by atoms with Crippen LogP contribution >= 0.6 is 0 Å². The number of rotatable bonds is 1. The van der Waals surface area contributed by atoms with Gasteiger partial charge >= 0.3 is 5.97 Å². The van der Waals surface area contributed by atoms with Crippen molar-refractivity contribution in [2.24, 2.45) is 56.7 Å². The maximum atomic E-state index is 12.1. The van der Waals surface area contributed by atoms with E-state index < -0.39 is 5.97 Å². The molecule has 0 aromatic heterocycles. The van der Waals surface area contributed by atoms with Gasteiger partial charge in [-0.15, -0.1) is 0 Å². The lowest BCUT2D eigenvalue weighted by molar-refractivity contribution is -0.204. The quantitative estimate of drug-likeness (QED) is 0.414. The van der Waals surface area contributed by atoms with Crippen LogP contribution in [0, 0.1) is 56.7 Å². The highest BCUT2D eigenvalue weighted by molar-refractivity contribution is 5.70. The van der Waals surface area contributed by atoms with Crippen LogP contribution in [0.15, 0.2) is 11.6 Å². The molecule has 0 aromatic rings. The van der Waals surface area contributed by atoms with E-state index in [2.05, 4.69) is 54.5 Å². The Bertz CT molecular complexity index is 874. The zero-order valence-corrected chi connectivity index (χ0v) is 22.2. The summed E-state index contributed by atoms with van der Waals surface area (Å²) in [6.45, 7) is 17.1. The number of aliphatic hydroxyl groups is 1. The van der Waals surface area contributed by atoms with Crippen molar-refractivity contribution < 1.29 is 15.0 Å². The van der Waals surface area contributed by atoms with Crippen molar-refractivity contribution in [3.63, 3.8) is 0 Å². The van der Waals surface area contributed by atoms with Crippen molar-refractivity contribution >= 4 is 5.97 Å². The molecule has 0 spiro atoms. The molecule has 4 fully saturated rings. The summed E-state index contributed by atoms with van der Waals surface area (Å²) in [6.07, 6.45) is 12.5. The molecular formula is C30H48O3. The molecule has 0 amide bonds. The average Bonchev–Trinajstić information content (AvgIpc) is 2.72. The van der Waals surface area contributed by atoms with Gasteiger partial charge in [0.25, 0.3) is 0 Å². The van der Waals surface area contributed by atoms with Crippen LogP contribution in [0.2, 0.25) is 0 Å². The van der Waals surface area contributed by atoms with Gasteiger partial charge in [-0.3, -0.25) is 4.79 Å². The second-order valence-electron chi connectivity index (χ2n) is 14.6. The molecule has 0 saturated heterocycles. The fraction of sp³-hybridized carbons (Fsp3) is 0.900. The molecule has 10 unspecified atom stereocenters. The molecule has 5 rings (SSSR count). The minimum atomic E-state index is -0.590. The molecular weight excluding hydrogens is 408 g/mol. The number of fused-ring (bicyclic) bond motifs is 7. The Morgan fingerprint density at radius 3 is 2.27 bits per heavy atom. The van der Waals surface area contributed by atoms with Crippen molar-refractivity contribution in [3.8, 4) is 0 Å². The third-order valence-corrected chi connectivity index (χ3v) is 13.3. The monoisotopic (exact) mass is 456 g/mol. The predicted molar refractivity (Wildman–Crippen MR) is 133 cm³/mol. The number of carboxylic acid groups (broad SMARTS) is 1. The second kappa shape index (κ2) is 7.11. The molecule has 3 heteroatoms. The molecule has 5 aliphatic rings. The van der Waals surface area contributed by atoms with E-state index >= 15 is 0 Å². The highest BCUT2D eigenvalue weighted by Gasteiger charge is 2.68. The molecule has 0 bridgehead atoms. The van der Waals surface area contributed by atoms with Gasteiger partial charge in [0.15, 0.2) is 0 Å². The highest BCUT2D eigenvalue weighted by Crippen LogP contribution is 2.75. The van der Waals surface area contributed by atoms with Gasteiger partial charge in [-0.05, 0) is 109 Å². The summed E-state index contributed by atoms with van der Waals surface area (Å²) >= 11 is 0. The molecule has 186 valence electrons. The summed E-state index contributed by atoms with van der Waals surface area (Å²) in [7, 11) is 0. The average molecular weight is 457 g/mol. The lowest BCUT2D eigenvalue weighted by atomic mass is 9.33. The zero-order valence-electron chi connectivity index (χ0n) is 22.2. The summed E-state index contributed by atoms with van der Waals surface area (Å²) in [4.78, 5) is 12.1. The van der Waals surface area contributed by atoms with Crippen LogP contribution in [0.4, 0.5) is 0 Å². The number of allylic oxidation sites excluding steroid dienone is 2. The van der Waals surface area contributed by atoms with Crippen molar-refractivity contribution in [2.45, 2.75) is 112 Å². The molecule has 0 aromatic carbocycles. The Balaban J connectivity index is 1.58. The van der Waals surface area contributed by atoms with Gasteiger partial charge in [0, 0.05) is 0 Å². The van der Waals surface area contributed by atoms with Gasteiger partial charge in [-0.25, -0.2) is 0 Å². The number of hydrogen-bond donors (Lipinski definition) is 2. The minimum Gasteiger partial charge on any atom is -0.481 e. The van der Waals surface area contributed by atoms with E-state index in [1.807, 2.05) is 0 Å². The Morgan fingerprint density at radius 2 is 1.61 bits per heavy atom. The van der Waals surface area contributed by atoms with Crippen molar-refractivity contribution in [1.82, 2.24) is 0 Å². The zero-order chi connectivity index (χ0) is 24.2. The normalized spacial score (nSPS) is 55.3. The summed E-state index contributed by atoms with van der Waals surface area (Å²) < 4.78 is 0. The molecule has 33 heavy (non-hydrogen) atoms. The van der Waals surface area contributed by atoms with Crippen LogP contribution in [0.1, 0.15) is 106 Å². The lowest BCUT2D eigenvalue weighted by Gasteiger charge is -2.71. The second-order valence-corrected chi connectivity index (χ2v) is 14.6. The maximum Gasteiger partial charge on any atom is 0.306 e. The fourth-order valence-corrected chi connectivity index (χ4v) is 11.0. The summed E-state index contributed by atoms with van der Waals surface area (Å²) in [5, 5.41) is 20.9. The maximum absolute atomic E-state index is 12.1. The van der Waals surface area contributed by atoms with Gasteiger partial charge in [0.05, 0.1) is 12.0 Å². The van der Waals surface area contributed by atoms with E-state index in [1.165, 1.54) is 25.7 Å². The van der Waals surface area contributed by atoms with E-state index in [-0.39, 0.29) is 45.0 Å². The number of aliphatic hydroxyl groups excluding tert-OH is 1. The van der Waals surface area contributed by atoms with E-state index in [0.717, 1.165) is 32.1 Å². The minimum absolute atomic E-state index is 0.0169. The Kier molecular flexibility index (Phi) is 5.15. The first-order valence-corrected chi connectivity index (χ1v) is 13.8. The first kappa shape index (κ1) is 23.9. The summed E-state index contributed by atoms with van der Waals surface area (Å²) in [6, 6.07) is 0.